The number of aromatic amines is 2. The van der Waals surface area contributed by atoms with Gasteiger partial charge in [0.1, 0.15) is 11.3 Å². The van der Waals surface area contributed by atoms with Crippen molar-refractivity contribution in [3.8, 4) is 0 Å². The van der Waals surface area contributed by atoms with Crippen molar-refractivity contribution in [2.24, 2.45) is 7.05 Å². The van der Waals surface area contributed by atoms with Gasteiger partial charge in [-0.3, -0.25) is 19.1 Å². The fourth-order valence-corrected chi connectivity index (χ4v) is 2.41. The summed E-state index contributed by atoms with van der Waals surface area (Å²) in [5.74, 6) is 0.0900. The average molecular weight is 352 g/mol. The molecule has 2 aromatic rings. The number of rotatable bonds is 8. The molecule has 2 aromatic heterocycles. The monoisotopic (exact) mass is 352 g/mol. The number of unbranched alkanes of at least 4 members (excludes halogenated alkanes) is 1. The molecular formula is C16H24N4O5. The lowest BCUT2D eigenvalue weighted by molar-refractivity contribution is -0.143. The maximum Gasteiger partial charge on any atom is 0.329 e. The Hall–Kier alpha value is -2.42. The third-order valence-electron chi connectivity index (χ3n) is 3.82. The van der Waals surface area contributed by atoms with Gasteiger partial charge in [0.25, 0.3) is 5.56 Å². The summed E-state index contributed by atoms with van der Waals surface area (Å²) in [5.41, 5.74) is -1.32. The smallest absolute Gasteiger partial charge is 0.329 e. The molecule has 9 nitrogen and oxygen atoms in total. The first kappa shape index (κ1) is 18.9. The van der Waals surface area contributed by atoms with E-state index in [1.54, 1.807) is 13.8 Å². The standard InChI is InChI=1S/C16H24N4O5/c1-16(2,24)8-4-5-9-25-11(21)7-6-10-17-12-13(18-10)20(3)15(23)19-14(12)22/h24H,4-9H2,1-3H3,(H,17,18)(H,19,22,23). The van der Waals surface area contributed by atoms with Crippen molar-refractivity contribution in [2.75, 3.05) is 6.61 Å². The first-order valence-corrected chi connectivity index (χ1v) is 8.23. The number of aryl methyl sites for hydroxylation is 2. The number of imidazole rings is 1. The molecule has 138 valence electrons. The van der Waals surface area contributed by atoms with Crippen molar-refractivity contribution in [1.29, 1.82) is 0 Å². The highest BCUT2D eigenvalue weighted by molar-refractivity contribution is 5.71. The van der Waals surface area contributed by atoms with Crippen molar-refractivity contribution < 1.29 is 14.6 Å². The first-order chi connectivity index (χ1) is 11.7. The predicted molar refractivity (Wildman–Crippen MR) is 91.4 cm³/mol. The first-order valence-electron chi connectivity index (χ1n) is 8.23. The molecule has 0 atom stereocenters. The van der Waals surface area contributed by atoms with Crippen LogP contribution in [0.4, 0.5) is 0 Å². The quantitative estimate of drug-likeness (QED) is 0.465. The minimum absolute atomic E-state index is 0.122. The molecule has 25 heavy (non-hydrogen) atoms. The van der Waals surface area contributed by atoms with Crippen LogP contribution in [0.2, 0.25) is 0 Å². The summed E-state index contributed by atoms with van der Waals surface area (Å²) < 4.78 is 6.37. The number of aliphatic hydroxyl groups is 1. The third kappa shape index (κ3) is 5.28. The van der Waals surface area contributed by atoms with E-state index < -0.39 is 16.9 Å². The maximum atomic E-state index is 11.7. The van der Waals surface area contributed by atoms with Gasteiger partial charge in [-0.05, 0) is 33.1 Å². The van der Waals surface area contributed by atoms with Crippen LogP contribution in [-0.2, 0) is 23.0 Å². The predicted octanol–water partition coefficient (Wildman–Crippen LogP) is 0.367. The van der Waals surface area contributed by atoms with E-state index in [2.05, 4.69) is 15.0 Å². The zero-order valence-electron chi connectivity index (χ0n) is 14.7. The summed E-state index contributed by atoms with van der Waals surface area (Å²) in [4.78, 5) is 44.2. The summed E-state index contributed by atoms with van der Waals surface area (Å²) in [7, 11) is 1.51. The second-order valence-corrected chi connectivity index (χ2v) is 6.69. The van der Waals surface area contributed by atoms with Crippen LogP contribution in [0.15, 0.2) is 9.59 Å². The highest BCUT2D eigenvalue weighted by Gasteiger charge is 2.13. The van der Waals surface area contributed by atoms with Crippen molar-refractivity contribution in [3.05, 3.63) is 26.7 Å². The summed E-state index contributed by atoms with van der Waals surface area (Å²) in [5, 5.41) is 9.59. The molecule has 9 heteroatoms. The molecule has 0 bridgehead atoms. The van der Waals surface area contributed by atoms with Gasteiger partial charge in [0.2, 0.25) is 0 Å². The van der Waals surface area contributed by atoms with E-state index in [9.17, 15) is 19.5 Å². The molecule has 0 fully saturated rings. The summed E-state index contributed by atoms with van der Waals surface area (Å²) in [6.07, 6.45) is 2.52. The number of aromatic nitrogens is 4. The fourth-order valence-electron chi connectivity index (χ4n) is 2.41. The van der Waals surface area contributed by atoms with Crippen LogP contribution in [0.25, 0.3) is 11.2 Å². The molecule has 2 heterocycles. The Morgan fingerprint density at radius 3 is 2.68 bits per heavy atom. The highest BCUT2D eigenvalue weighted by atomic mass is 16.5. The van der Waals surface area contributed by atoms with Crippen LogP contribution in [0.1, 0.15) is 45.4 Å². The van der Waals surface area contributed by atoms with E-state index in [1.807, 2.05) is 0 Å². The summed E-state index contributed by atoms with van der Waals surface area (Å²) in [6, 6.07) is 0. The Kier molecular flexibility index (Phi) is 5.78. The number of hydrogen-bond donors (Lipinski definition) is 3. The molecule has 0 aliphatic heterocycles. The molecule has 2 rings (SSSR count). The Bertz CT molecular complexity index is 856. The molecule has 0 amide bonds. The van der Waals surface area contributed by atoms with Gasteiger partial charge in [-0.2, -0.15) is 0 Å². The molecule has 3 N–H and O–H groups in total. The molecule has 0 unspecified atom stereocenters. The number of nitrogens with zero attached hydrogens (tertiary/aromatic N) is 2. The maximum absolute atomic E-state index is 11.7. The molecular weight excluding hydrogens is 328 g/mol. The van der Waals surface area contributed by atoms with Crippen molar-refractivity contribution in [3.63, 3.8) is 0 Å². The van der Waals surface area contributed by atoms with Gasteiger partial charge in [-0.25, -0.2) is 9.78 Å². The van der Waals surface area contributed by atoms with E-state index in [0.717, 1.165) is 6.42 Å². The topological polar surface area (TPSA) is 130 Å². The van der Waals surface area contributed by atoms with E-state index >= 15 is 0 Å². The van der Waals surface area contributed by atoms with Gasteiger partial charge in [-0.15, -0.1) is 0 Å². The van der Waals surface area contributed by atoms with Crippen LogP contribution in [-0.4, -0.2) is 42.8 Å². The highest BCUT2D eigenvalue weighted by Crippen LogP contribution is 2.12. The second-order valence-electron chi connectivity index (χ2n) is 6.69. The molecule has 0 aliphatic carbocycles. The molecule has 0 aromatic carbocycles. The number of H-pyrrole nitrogens is 2. The van der Waals surface area contributed by atoms with E-state index in [1.165, 1.54) is 11.6 Å². The van der Waals surface area contributed by atoms with Crippen molar-refractivity contribution in [2.45, 2.75) is 51.6 Å². The lowest BCUT2D eigenvalue weighted by atomic mass is 10.0. The number of nitrogens with one attached hydrogen (secondary N) is 2. The van der Waals surface area contributed by atoms with E-state index in [-0.39, 0.29) is 30.0 Å². The SMILES string of the molecule is Cn1c(=O)[nH]c(=O)c2[nH]c(CCC(=O)OCCCCC(C)(C)O)nc21. The lowest BCUT2D eigenvalue weighted by Crippen LogP contribution is -2.28. The van der Waals surface area contributed by atoms with Crippen molar-refractivity contribution in [1.82, 2.24) is 19.5 Å². The lowest BCUT2D eigenvalue weighted by Gasteiger charge is -2.16. The number of hydrogen-bond acceptors (Lipinski definition) is 6. The van der Waals surface area contributed by atoms with Gasteiger partial charge < -0.3 is 14.8 Å². The van der Waals surface area contributed by atoms with Gasteiger partial charge in [0.15, 0.2) is 5.65 Å². The molecule has 0 radical (unpaired) electrons. The molecule has 0 aliphatic rings. The molecule has 0 spiro atoms. The average Bonchev–Trinajstić information content (AvgIpc) is 2.94. The van der Waals surface area contributed by atoms with Crippen molar-refractivity contribution >= 4 is 17.1 Å². The minimum atomic E-state index is -0.705. The van der Waals surface area contributed by atoms with Crippen LogP contribution >= 0.6 is 0 Å². The zero-order valence-corrected chi connectivity index (χ0v) is 14.7. The number of fused-ring (bicyclic) bond motifs is 1. The zero-order chi connectivity index (χ0) is 18.6. The number of esters is 1. The Balaban J connectivity index is 1.83. The number of carbonyl (C=O) groups is 1. The van der Waals surface area contributed by atoms with Gasteiger partial charge in [0, 0.05) is 13.5 Å². The Morgan fingerprint density at radius 2 is 2.00 bits per heavy atom. The summed E-state index contributed by atoms with van der Waals surface area (Å²) >= 11 is 0. The molecule has 0 saturated carbocycles. The van der Waals surface area contributed by atoms with E-state index in [0.29, 0.717) is 25.3 Å². The number of ether oxygens (including phenoxy) is 1. The van der Waals surface area contributed by atoms with Crippen LogP contribution in [0.3, 0.4) is 0 Å². The normalized spacial score (nSPS) is 11.8. The number of carbonyl (C=O) groups excluding carboxylic acids is 1. The van der Waals surface area contributed by atoms with E-state index in [4.69, 9.17) is 4.74 Å². The Morgan fingerprint density at radius 1 is 1.28 bits per heavy atom. The van der Waals surface area contributed by atoms with Gasteiger partial charge in [0.05, 0.1) is 18.6 Å². The van der Waals surface area contributed by atoms with Gasteiger partial charge >= 0.3 is 11.7 Å². The Labute approximate surface area is 144 Å². The largest absolute Gasteiger partial charge is 0.466 e. The van der Waals surface area contributed by atoms with Crippen LogP contribution in [0.5, 0.6) is 0 Å². The van der Waals surface area contributed by atoms with Gasteiger partial charge in [-0.1, -0.05) is 0 Å². The van der Waals surface area contributed by atoms with Crippen LogP contribution < -0.4 is 11.2 Å². The minimum Gasteiger partial charge on any atom is -0.466 e. The third-order valence-corrected chi connectivity index (χ3v) is 3.82. The van der Waals surface area contributed by atoms with Crippen LogP contribution in [0, 0.1) is 0 Å². The summed E-state index contributed by atoms with van der Waals surface area (Å²) in [6.45, 7) is 3.80. The second kappa shape index (κ2) is 7.64. The fraction of sp³-hybridized carbons (Fsp3) is 0.625. The molecule has 0 saturated heterocycles.